The van der Waals surface area contributed by atoms with Crippen molar-refractivity contribution in [2.24, 2.45) is 5.41 Å². The molecule has 0 aliphatic carbocycles. The van der Waals surface area contributed by atoms with E-state index in [-0.39, 0.29) is 17.2 Å². The van der Waals surface area contributed by atoms with E-state index in [1.165, 1.54) is 24.9 Å². The average Bonchev–Trinajstić information content (AvgIpc) is 2.70. The van der Waals surface area contributed by atoms with Gasteiger partial charge in [0.25, 0.3) is 6.47 Å². The van der Waals surface area contributed by atoms with Crippen molar-refractivity contribution in [1.82, 2.24) is 4.90 Å². The van der Waals surface area contributed by atoms with Gasteiger partial charge in [0.15, 0.2) is 0 Å². The van der Waals surface area contributed by atoms with E-state index >= 15 is 0 Å². The number of esters is 1. The number of benzene rings is 1. The van der Waals surface area contributed by atoms with Crippen LogP contribution >= 0.6 is 23.4 Å². The van der Waals surface area contributed by atoms with Crippen LogP contribution in [0.4, 0.5) is 0 Å². The fourth-order valence-electron chi connectivity index (χ4n) is 2.80. The molecular weight excluding hydrogens is 442 g/mol. The number of carboxylic acids is 1. The van der Waals surface area contributed by atoms with E-state index in [1.807, 2.05) is 45.0 Å². The van der Waals surface area contributed by atoms with E-state index in [0.29, 0.717) is 24.6 Å². The molecule has 7 nitrogen and oxygen atoms in total. The van der Waals surface area contributed by atoms with Crippen LogP contribution in [0.5, 0.6) is 0 Å². The molecule has 1 fully saturated rings. The predicted octanol–water partition coefficient (Wildman–Crippen LogP) is 3.99. The smallest absolute Gasteiger partial charge is 0.328 e. The third-order valence-corrected chi connectivity index (χ3v) is 5.92. The number of hydrogen-bond donors (Lipinski definition) is 1. The highest BCUT2D eigenvalue weighted by Gasteiger charge is 2.27. The Kier molecular flexibility index (Phi) is 11.7. The minimum atomic E-state index is -0.957. The molecule has 0 radical (unpaired) electrons. The topological polar surface area (TPSA) is 93.1 Å². The summed E-state index contributed by atoms with van der Waals surface area (Å²) < 4.78 is 9.18. The van der Waals surface area contributed by atoms with Crippen molar-refractivity contribution in [3.63, 3.8) is 0 Å². The summed E-state index contributed by atoms with van der Waals surface area (Å²) in [5.41, 5.74) is 1.31. The van der Waals surface area contributed by atoms with Crippen LogP contribution in [-0.2, 0) is 30.4 Å². The number of rotatable bonds is 7. The summed E-state index contributed by atoms with van der Waals surface area (Å²) in [5, 5.41) is 9.95. The molecule has 0 aromatic heterocycles. The Morgan fingerprint density at radius 2 is 1.97 bits per heavy atom. The molecule has 1 heterocycles. The van der Waals surface area contributed by atoms with Gasteiger partial charge in [-0.2, -0.15) is 0 Å². The largest absolute Gasteiger partial charge is 0.478 e. The molecule has 1 N–H and O–H groups in total. The van der Waals surface area contributed by atoms with E-state index in [1.54, 1.807) is 0 Å². The minimum Gasteiger partial charge on any atom is -0.478 e. The fraction of sp³-hybridized carbons (Fsp3) is 0.500. The Labute approximate surface area is 192 Å². The van der Waals surface area contributed by atoms with E-state index in [0.717, 1.165) is 24.1 Å². The van der Waals surface area contributed by atoms with E-state index in [9.17, 15) is 14.7 Å². The number of thioether (sulfide) groups is 1. The first kappa shape index (κ1) is 27.0. The lowest BCUT2D eigenvalue weighted by molar-refractivity contribution is -0.150. The number of hydrogen-bond acceptors (Lipinski definition) is 7. The van der Waals surface area contributed by atoms with Gasteiger partial charge in [-0.15, -0.1) is 11.8 Å². The molecule has 31 heavy (non-hydrogen) atoms. The zero-order valence-electron chi connectivity index (χ0n) is 18.3. The number of nitrogens with zero attached hydrogens (tertiary/aromatic N) is 1. The van der Waals surface area contributed by atoms with Crippen molar-refractivity contribution in [1.29, 1.82) is 0 Å². The maximum absolute atomic E-state index is 11.9. The van der Waals surface area contributed by atoms with Gasteiger partial charge in [0.05, 0.1) is 12.5 Å². The highest BCUT2D eigenvalue weighted by Crippen LogP contribution is 2.30. The second-order valence-corrected chi connectivity index (χ2v) is 9.48. The number of aliphatic carboxylic acids is 1. The van der Waals surface area contributed by atoms with Crippen molar-refractivity contribution in [3.05, 3.63) is 46.5 Å². The molecule has 0 bridgehead atoms. The van der Waals surface area contributed by atoms with Crippen LogP contribution in [-0.4, -0.2) is 59.8 Å². The lowest BCUT2D eigenvalue weighted by atomic mass is 9.98. The number of carboxylic acid groups (broad SMARTS) is 1. The fourth-order valence-corrected chi connectivity index (χ4v) is 3.96. The second-order valence-electron chi connectivity index (χ2n) is 7.94. The first-order valence-corrected chi connectivity index (χ1v) is 11.2. The van der Waals surface area contributed by atoms with Gasteiger partial charge in [-0.3, -0.25) is 14.5 Å². The van der Waals surface area contributed by atoms with Crippen molar-refractivity contribution in [2.75, 3.05) is 26.1 Å². The molecule has 0 saturated carbocycles. The number of likely N-dealkylation sites (tertiary alicyclic amines) is 1. The van der Waals surface area contributed by atoms with Gasteiger partial charge in [-0.1, -0.05) is 29.8 Å². The first-order valence-electron chi connectivity index (χ1n) is 9.73. The van der Waals surface area contributed by atoms with E-state index in [4.69, 9.17) is 21.1 Å². The molecule has 1 atom stereocenters. The summed E-state index contributed by atoms with van der Waals surface area (Å²) in [6.45, 7) is 7.86. The van der Waals surface area contributed by atoms with Crippen molar-refractivity contribution in [2.45, 2.75) is 39.0 Å². The number of halogens is 1. The molecule has 1 aliphatic rings. The van der Waals surface area contributed by atoms with Gasteiger partial charge in [0, 0.05) is 36.0 Å². The molecule has 172 valence electrons. The summed E-state index contributed by atoms with van der Waals surface area (Å²) >= 11 is 7.72. The zero-order valence-corrected chi connectivity index (χ0v) is 19.9. The van der Waals surface area contributed by atoms with Crippen LogP contribution < -0.4 is 0 Å². The summed E-state index contributed by atoms with van der Waals surface area (Å²) in [7, 11) is 1.31. The molecule has 1 aliphatic heterocycles. The van der Waals surface area contributed by atoms with Crippen LogP contribution in [0.15, 0.2) is 35.9 Å². The Morgan fingerprint density at radius 1 is 1.32 bits per heavy atom. The van der Waals surface area contributed by atoms with Crippen LogP contribution in [0.2, 0.25) is 5.02 Å². The Bertz CT molecular complexity index is 778. The van der Waals surface area contributed by atoms with Gasteiger partial charge in [-0.25, -0.2) is 4.79 Å². The second kappa shape index (κ2) is 13.4. The standard InChI is InChI=1S/C20H26ClNO4S.C2H4O2/c1-20(2,3)19(25)26-13-27-17-8-9-22(12-15(17)10-18(23)24)11-14-6-4-5-7-16(14)21;1-4-2-3/h4-7,10,17H,8-9,11-13H2,1-3H3,(H,23,24);2H,1H3/b15-10+;. The molecule has 0 amide bonds. The number of ether oxygens (including phenoxy) is 2. The van der Waals surface area contributed by atoms with Crippen LogP contribution in [0.3, 0.4) is 0 Å². The van der Waals surface area contributed by atoms with Crippen molar-refractivity contribution >= 4 is 41.8 Å². The van der Waals surface area contributed by atoms with E-state index < -0.39 is 11.4 Å². The Balaban J connectivity index is 0.00000110. The maximum atomic E-state index is 11.9. The SMILES string of the molecule is CC(C)(C)C(=O)OCSC1CCN(Cc2ccccc2Cl)C/C1=C\C(=O)O.COC=O. The highest BCUT2D eigenvalue weighted by atomic mass is 35.5. The molecule has 1 saturated heterocycles. The van der Waals surface area contributed by atoms with Gasteiger partial charge >= 0.3 is 11.9 Å². The zero-order chi connectivity index (χ0) is 23.4. The van der Waals surface area contributed by atoms with Gasteiger partial charge < -0.3 is 14.6 Å². The van der Waals surface area contributed by atoms with Crippen molar-refractivity contribution in [3.8, 4) is 0 Å². The molecule has 1 unspecified atom stereocenters. The first-order chi connectivity index (χ1) is 14.6. The summed E-state index contributed by atoms with van der Waals surface area (Å²) in [5.74, 6) is -0.987. The van der Waals surface area contributed by atoms with E-state index in [2.05, 4.69) is 9.64 Å². The predicted molar refractivity (Wildman–Crippen MR) is 122 cm³/mol. The van der Waals surface area contributed by atoms with Gasteiger partial charge in [0.1, 0.15) is 5.94 Å². The van der Waals surface area contributed by atoms with Gasteiger partial charge in [0.2, 0.25) is 0 Å². The van der Waals surface area contributed by atoms with Crippen molar-refractivity contribution < 1.29 is 29.0 Å². The van der Waals surface area contributed by atoms with Gasteiger partial charge in [-0.05, 0) is 44.4 Å². The van der Waals surface area contributed by atoms with Crippen LogP contribution in [0, 0.1) is 5.41 Å². The quantitative estimate of drug-likeness (QED) is 0.276. The van der Waals surface area contributed by atoms with Crippen LogP contribution in [0.1, 0.15) is 32.8 Å². The molecule has 1 aromatic rings. The molecule has 2 rings (SSSR count). The lowest BCUT2D eigenvalue weighted by Crippen LogP contribution is -2.37. The summed E-state index contributed by atoms with van der Waals surface area (Å²) in [6, 6.07) is 7.68. The number of methoxy groups -OCH3 is 1. The highest BCUT2D eigenvalue weighted by molar-refractivity contribution is 7.99. The summed E-state index contributed by atoms with van der Waals surface area (Å²) in [6.07, 6.45) is 2.07. The Hall–Kier alpha value is -2.03. The normalized spacial score (nSPS) is 18.0. The Morgan fingerprint density at radius 3 is 2.52 bits per heavy atom. The summed E-state index contributed by atoms with van der Waals surface area (Å²) in [4.78, 5) is 34.3. The monoisotopic (exact) mass is 471 g/mol. The number of piperidine rings is 1. The number of carbonyl (C=O) groups excluding carboxylic acids is 2. The van der Waals surface area contributed by atoms with Crippen LogP contribution in [0.25, 0.3) is 0 Å². The number of carbonyl (C=O) groups is 3. The molecule has 1 aromatic carbocycles. The minimum absolute atomic E-state index is 0.0244. The molecular formula is C22H30ClNO6S. The molecule has 0 spiro atoms. The maximum Gasteiger partial charge on any atom is 0.328 e. The third kappa shape index (κ3) is 10.2. The third-order valence-electron chi connectivity index (χ3n) is 4.36. The molecule has 9 heteroatoms. The average molecular weight is 472 g/mol. The lowest BCUT2D eigenvalue weighted by Gasteiger charge is -2.34.